The molecule has 8 nitrogen and oxygen atoms in total. The van der Waals surface area contributed by atoms with Gasteiger partial charge in [-0.2, -0.15) is 0 Å². The maximum absolute atomic E-state index is 12.8. The van der Waals surface area contributed by atoms with E-state index in [4.69, 9.17) is 0 Å². The molecule has 0 bridgehead atoms. The van der Waals surface area contributed by atoms with Crippen molar-refractivity contribution in [3.63, 3.8) is 0 Å². The molecule has 1 aliphatic heterocycles. The first kappa shape index (κ1) is 22.0. The minimum atomic E-state index is -0.0906. The second kappa shape index (κ2) is 9.57. The van der Waals surface area contributed by atoms with Crippen molar-refractivity contribution in [2.75, 3.05) is 32.7 Å². The molecule has 1 saturated heterocycles. The molecule has 4 heterocycles. The van der Waals surface area contributed by atoms with E-state index in [-0.39, 0.29) is 11.9 Å². The van der Waals surface area contributed by atoms with Gasteiger partial charge in [-0.15, -0.1) is 10.2 Å². The highest BCUT2D eigenvalue weighted by atomic mass is 16.1. The Morgan fingerprint density at radius 3 is 2.79 bits per heavy atom. The lowest BCUT2D eigenvalue weighted by atomic mass is 10.1. The number of carbonyl (C=O) groups is 1. The number of hydrogen-bond acceptors (Lipinski definition) is 6. The van der Waals surface area contributed by atoms with Crippen LogP contribution in [0.3, 0.4) is 0 Å². The van der Waals surface area contributed by atoms with Crippen LogP contribution in [0.4, 0.5) is 0 Å². The Labute approximate surface area is 195 Å². The van der Waals surface area contributed by atoms with Crippen LogP contribution in [0.1, 0.15) is 54.6 Å². The van der Waals surface area contributed by atoms with Crippen LogP contribution in [0.15, 0.2) is 42.7 Å². The molecule has 3 aromatic rings. The van der Waals surface area contributed by atoms with Gasteiger partial charge in [-0.25, -0.2) is 0 Å². The number of rotatable bonds is 8. The van der Waals surface area contributed by atoms with Crippen LogP contribution in [0.2, 0.25) is 0 Å². The van der Waals surface area contributed by atoms with Crippen molar-refractivity contribution >= 4 is 11.6 Å². The summed E-state index contributed by atoms with van der Waals surface area (Å²) < 4.78 is 2.01. The van der Waals surface area contributed by atoms with E-state index in [1.54, 1.807) is 6.20 Å². The molecule has 1 aliphatic carbocycles. The maximum Gasteiger partial charge on any atom is 0.252 e. The minimum absolute atomic E-state index is 0.0906. The van der Waals surface area contributed by atoms with Gasteiger partial charge in [0.15, 0.2) is 11.5 Å². The van der Waals surface area contributed by atoms with Gasteiger partial charge in [-0.3, -0.25) is 24.0 Å². The molecule has 1 N–H and O–H groups in total. The number of carbonyl (C=O) groups excluding carboxylic acids is 1. The summed E-state index contributed by atoms with van der Waals surface area (Å²) in [5.74, 6) is 1.70. The molecule has 2 aliphatic rings. The highest BCUT2D eigenvalue weighted by Crippen LogP contribution is 2.33. The van der Waals surface area contributed by atoms with E-state index in [0.29, 0.717) is 24.6 Å². The van der Waals surface area contributed by atoms with E-state index >= 15 is 0 Å². The van der Waals surface area contributed by atoms with Crippen molar-refractivity contribution in [1.29, 1.82) is 0 Å². The fourth-order valence-corrected chi connectivity index (χ4v) is 4.76. The highest BCUT2D eigenvalue weighted by molar-refractivity contribution is 5.94. The number of amides is 1. The van der Waals surface area contributed by atoms with E-state index in [2.05, 4.69) is 44.1 Å². The Morgan fingerprint density at radius 1 is 1.15 bits per heavy atom. The first-order valence-electron chi connectivity index (χ1n) is 12.1. The van der Waals surface area contributed by atoms with Gasteiger partial charge < -0.3 is 5.32 Å². The minimum Gasteiger partial charge on any atom is -0.352 e. The third-order valence-corrected chi connectivity index (χ3v) is 6.76. The van der Waals surface area contributed by atoms with Crippen LogP contribution in [-0.4, -0.2) is 74.1 Å². The molecular formula is C25H33N7O. The lowest BCUT2D eigenvalue weighted by Crippen LogP contribution is -2.51. The molecule has 1 atom stereocenters. The predicted octanol–water partition coefficient (Wildman–Crippen LogP) is 2.57. The van der Waals surface area contributed by atoms with Crippen LogP contribution in [0.25, 0.3) is 5.65 Å². The van der Waals surface area contributed by atoms with E-state index in [0.717, 1.165) is 42.7 Å². The third kappa shape index (κ3) is 5.07. The number of hydrogen-bond donors (Lipinski definition) is 1. The van der Waals surface area contributed by atoms with Gasteiger partial charge >= 0.3 is 0 Å². The summed E-state index contributed by atoms with van der Waals surface area (Å²) in [5.41, 5.74) is 2.36. The number of piperazine rings is 1. The van der Waals surface area contributed by atoms with Gasteiger partial charge in [-0.05, 0) is 56.9 Å². The smallest absolute Gasteiger partial charge is 0.252 e. The SMILES string of the molecule is CC(C)N1CCN(CC2CC2)CC1c1nnc2ccc(C(=O)NCCc3ccccn3)cn12. The summed E-state index contributed by atoms with van der Waals surface area (Å²) in [7, 11) is 0. The Balaban J connectivity index is 1.33. The molecule has 1 amide bonds. The van der Waals surface area contributed by atoms with Gasteiger partial charge in [-0.1, -0.05) is 6.07 Å². The van der Waals surface area contributed by atoms with Gasteiger partial charge in [0.2, 0.25) is 0 Å². The molecular weight excluding hydrogens is 414 g/mol. The lowest BCUT2D eigenvalue weighted by molar-refractivity contribution is 0.0437. The quantitative estimate of drug-likeness (QED) is 0.572. The normalized spacial score (nSPS) is 19.9. The van der Waals surface area contributed by atoms with Crippen LogP contribution < -0.4 is 5.32 Å². The van der Waals surface area contributed by atoms with Crippen molar-refractivity contribution in [2.45, 2.75) is 45.2 Å². The Bertz CT molecular complexity index is 1090. The predicted molar refractivity (Wildman–Crippen MR) is 127 cm³/mol. The zero-order valence-electron chi connectivity index (χ0n) is 19.5. The monoisotopic (exact) mass is 447 g/mol. The summed E-state index contributed by atoms with van der Waals surface area (Å²) >= 11 is 0. The van der Waals surface area contributed by atoms with Crippen LogP contribution >= 0.6 is 0 Å². The fourth-order valence-electron chi connectivity index (χ4n) is 4.76. The summed E-state index contributed by atoms with van der Waals surface area (Å²) in [6.07, 6.45) is 7.09. The molecule has 0 radical (unpaired) electrons. The fraction of sp³-hybridized carbons (Fsp3) is 0.520. The van der Waals surface area contributed by atoms with Crippen molar-refractivity contribution in [1.82, 2.24) is 34.7 Å². The summed E-state index contributed by atoms with van der Waals surface area (Å²) in [6, 6.07) is 10.1. The molecule has 1 unspecified atom stereocenters. The lowest BCUT2D eigenvalue weighted by Gasteiger charge is -2.42. The van der Waals surface area contributed by atoms with E-state index in [9.17, 15) is 4.79 Å². The molecule has 33 heavy (non-hydrogen) atoms. The van der Waals surface area contributed by atoms with Gasteiger partial charge in [0.25, 0.3) is 5.91 Å². The molecule has 1 saturated carbocycles. The number of nitrogens with one attached hydrogen (secondary N) is 1. The van der Waals surface area contributed by atoms with Gasteiger partial charge in [0.1, 0.15) is 0 Å². The zero-order chi connectivity index (χ0) is 22.8. The highest BCUT2D eigenvalue weighted by Gasteiger charge is 2.35. The van der Waals surface area contributed by atoms with Crippen molar-refractivity contribution in [3.8, 4) is 0 Å². The first-order valence-corrected chi connectivity index (χ1v) is 12.1. The molecule has 3 aromatic heterocycles. The zero-order valence-corrected chi connectivity index (χ0v) is 19.5. The van der Waals surface area contributed by atoms with Crippen LogP contribution in [-0.2, 0) is 6.42 Å². The van der Waals surface area contributed by atoms with E-state index in [1.807, 2.05) is 40.9 Å². The Kier molecular flexibility index (Phi) is 6.37. The molecule has 5 rings (SSSR count). The molecule has 174 valence electrons. The topological polar surface area (TPSA) is 78.7 Å². The second-order valence-electron chi connectivity index (χ2n) is 9.58. The standard InChI is InChI=1S/C25H33N7O/c1-18(2)31-14-13-30(15-19-6-7-19)17-22(31)24-29-28-23-9-8-20(16-32(23)24)25(33)27-12-10-21-5-3-4-11-26-21/h3-5,8-9,11,16,18-19,22H,6-7,10,12-15,17H2,1-2H3,(H,27,33). The first-order chi connectivity index (χ1) is 16.1. The second-order valence-corrected chi connectivity index (χ2v) is 9.58. The van der Waals surface area contributed by atoms with Crippen LogP contribution in [0, 0.1) is 5.92 Å². The Hall–Kier alpha value is -2.84. The van der Waals surface area contributed by atoms with E-state index < -0.39 is 0 Å². The van der Waals surface area contributed by atoms with Gasteiger partial charge in [0.05, 0.1) is 11.6 Å². The summed E-state index contributed by atoms with van der Waals surface area (Å²) in [6.45, 7) is 9.30. The summed E-state index contributed by atoms with van der Waals surface area (Å²) in [5, 5.41) is 12.0. The largest absolute Gasteiger partial charge is 0.352 e. The van der Waals surface area contributed by atoms with Crippen LogP contribution in [0.5, 0.6) is 0 Å². The molecule has 0 spiro atoms. The number of pyridine rings is 2. The molecule has 2 fully saturated rings. The van der Waals surface area contributed by atoms with Crippen molar-refractivity contribution in [3.05, 3.63) is 59.8 Å². The number of nitrogens with zero attached hydrogens (tertiary/aromatic N) is 6. The number of fused-ring (bicyclic) bond motifs is 1. The average Bonchev–Trinajstić information content (AvgIpc) is 3.54. The van der Waals surface area contributed by atoms with Gasteiger partial charge in [0, 0.05) is 63.3 Å². The van der Waals surface area contributed by atoms with E-state index in [1.165, 1.54) is 19.4 Å². The summed E-state index contributed by atoms with van der Waals surface area (Å²) in [4.78, 5) is 22.2. The van der Waals surface area contributed by atoms with Crippen molar-refractivity contribution in [2.24, 2.45) is 5.92 Å². The molecule has 0 aromatic carbocycles. The number of aromatic nitrogens is 4. The maximum atomic E-state index is 12.8. The van der Waals surface area contributed by atoms with Crippen molar-refractivity contribution < 1.29 is 4.79 Å². The average molecular weight is 448 g/mol. The molecule has 8 heteroatoms. The third-order valence-electron chi connectivity index (χ3n) is 6.76. The Morgan fingerprint density at radius 2 is 2.03 bits per heavy atom.